The number of carbonyl (C=O) groups excluding carboxylic acids is 1. The maximum absolute atomic E-state index is 11.8. The van der Waals surface area contributed by atoms with Crippen LogP contribution >= 0.6 is 0 Å². The summed E-state index contributed by atoms with van der Waals surface area (Å²) in [5.41, 5.74) is 2.44. The largest absolute Gasteiger partial charge is 0.361 e. The van der Waals surface area contributed by atoms with Gasteiger partial charge in [-0.15, -0.1) is 0 Å². The van der Waals surface area contributed by atoms with Gasteiger partial charge in [0.25, 0.3) is 0 Å². The molecular weight excluding hydrogens is 314 g/mol. The fourth-order valence-electron chi connectivity index (χ4n) is 2.62. The molecule has 1 aromatic carbocycles. The Balaban J connectivity index is 1.71. The summed E-state index contributed by atoms with van der Waals surface area (Å²) in [7, 11) is 1.74. The van der Waals surface area contributed by atoms with Crippen LogP contribution in [0.1, 0.15) is 32.3 Å². The van der Waals surface area contributed by atoms with Crippen LogP contribution in [0.5, 0.6) is 0 Å². The molecule has 1 atom stereocenters. The first-order valence-corrected chi connectivity index (χ1v) is 8.93. The molecule has 0 aliphatic heterocycles. The molecule has 0 fully saturated rings. The van der Waals surface area contributed by atoms with Gasteiger partial charge in [0.1, 0.15) is 0 Å². The van der Waals surface area contributed by atoms with E-state index in [4.69, 9.17) is 0 Å². The molecule has 6 heteroatoms. The van der Waals surface area contributed by atoms with E-state index in [1.54, 1.807) is 7.05 Å². The zero-order chi connectivity index (χ0) is 18.1. The molecule has 0 radical (unpaired) electrons. The van der Waals surface area contributed by atoms with Gasteiger partial charge in [-0.25, -0.2) is 0 Å². The van der Waals surface area contributed by atoms with Crippen molar-refractivity contribution in [3.8, 4) is 0 Å². The van der Waals surface area contributed by atoms with Crippen LogP contribution in [0.3, 0.4) is 0 Å². The summed E-state index contributed by atoms with van der Waals surface area (Å²) in [6.45, 7) is 5.41. The predicted octanol–water partition coefficient (Wildman–Crippen LogP) is 2.18. The molecule has 0 aliphatic carbocycles. The van der Waals surface area contributed by atoms with Gasteiger partial charge in [0.05, 0.1) is 0 Å². The number of hydrogen-bond donors (Lipinski definition) is 4. The summed E-state index contributed by atoms with van der Waals surface area (Å²) in [5.74, 6) is 0.785. The molecule has 0 saturated heterocycles. The normalized spacial score (nSPS) is 12.8. The number of amides is 1. The van der Waals surface area contributed by atoms with Gasteiger partial charge in [-0.3, -0.25) is 9.79 Å². The van der Waals surface area contributed by atoms with Crippen LogP contribution < -0.4 is 16.0 Å². The number of nitrogens with one attached hydrogen (secondary N) is 4. The average Bonchev–Trinajstić information content (AvgIpc) is 3.03. The van der Waals surface area contributed by atoms with Crippen molar-refractivity contribution in [1.29, 1.82) is 0 Å². The molecule has 2 rings (SSSR count). The first-order valence-electron chi connectivity index (χ1n) is 8.93. The molecule has 0 aliphatic rings. The molecule has 1 amide bonds. The molecule has 1 unspecified atom stereocenters. The third kappa shape index (κ3) is 5.81. The minimum atomic E-state index is 0.0658. The number of fused-ring (bicyclic) bond motifs is 1. The summed E-state index contributed by atoms with van der Waals surface area (Å²) in [5, 5.41) is 10.7. The van der Waals surface area contributed by atoms with Crippen molar-refractivity contribution in [2.24, 2.45) is 4.99 Å². The molecule has 0 spiro atoms. The van der Waals surface area contributed by atoms with Gasteiger partial charge in [0.15, 0.2) is 5.96 Å². The smallest absolute Gasteiger partial charge is 0.221 e. The van der Waals surface area contributed by atoms with Crippen LogP contribution in [-0.2, 0) is 11.2 Å². The molecule has 4 N–H and O–H groups in total. The highest BCUT2D eigenvalue weighted by atomic mass is 16.1. The summed E-state index contributed by atoms with van der Waals surface area (Å²) in [6.07, 6.45) is 4.34. The van der Waals surface area contributed by atoms with Crippen molar-refractivity contribution in [2.45, 2.75) is 39.2 Å². The summed E-state index contributed by atoms with van der Waals surface area (Å²) >= 11 is 0. The first-order chi connectivity index (χ1) is 12.1. The fourth-order valence-corrected chi connectivity index (χ4v) is 2.62. The number of hydrogen-bond acceptors (Lipinski definition) is 2. The number of aliphatic imine (C=N–C) groups is 1. The number of nitrogens with zero attached hydrogens (tertiary/aromatic N) is 1. The van der Waals surface area contributed by atoms with E-state index in [1.165, 1.54) is 10.9 Å². The number of guanidine groups is 1. The Bertz CT molecular complexity index is 707. The molecule has 1 heterocycles. The number of carbonyl (C=O) groups is 1. The van der Waals surface area contributed by atoms with E-state index in [1.807, 2.05) is 13.0 Å². The van der Waals surface area contributed by atoms with E-state index in [-0.39, 0.29) is 11.9 Å². The molecule has 136 valence electrons. The Kier molecular flexibility index (Phi) is 7.32. The minimum Gasteiger partial charge on any atom is -0.361 e. The zero-order valence-electron chi connectivity index (χ0n) is 15.4. The second-order valence-electron chi connectivity index (χ2n) is 6.16. The van der Waals surface area contributed by atoms with Crippen molar-refractivity contribution in [3.63, 3.8) is 0 Å². The highest BCUT2D eigenvalue weighted by Gasteiger charge is 2.06. The van der Waals surface area contributed by atoms with Crippen LogP contribution in [-0.4, -0.2) is 43.0 Å². The predicted molar refractivity (Wildman–Crippen MR) is 104 cm³/mol. The Morgan fingerprint density at radius 3 is 2.76 bits per heavy atom. The first kappa shape index (κ1) is 18.8. The number of aromatic amines is 1. The molecule has 6 nitrogen and oxygen atoms in total. The van der Waals surface area contributed by atoms with E-state index in [0.29, 0.717) is 13.0 Å². The maximum Gasteiger partial charge on any atom is 0.221 e. The van der Waals surface area contributed by atoms with E-state index in [9.17, 15) is 4.79 Å². The van der Waals surface area contributed by atoms with E-state index in [2.05, 4.69) is 57.2 Å². The highest BCUT2D eigenvalue weighted by molar-refractivity contribution is 5.83. The molecule has 0 saturated carbocycles. The van der Waals surface area contributed by atoms with Gasteiger partial charge in [0.2, 0.25) is 5.91 Å². The summed E-state index contributed by atoms with van der Waals surface area (Å²) in [6, 6.07) is 8.52. The Hall–Kier alpha value is -2.50. The highest BCUT2D eigenvalue weighted by Crippen LogP contribution is 2.17. The number of H-pyrrole nitrogens is 1. The van der Waals surface area contributed by atoms with Gasteiger partial charge in [0, 0.05) is 49.7 Å². The van der Waals surface area contributed by atoms with Gasteiger partial charge in [-0.1, -0.05) is 25.1 Å². The van der Waals surface area contributed by atoms with Crippen molar-refractivity contribution in [1.82, 2.24) is 20.9 Å². The third-order valence-electron chi connectivity index (χ3n) is 4.25. The lowest BCUT2D eigenvalue weighted by molar-refractivity contribution is -0.121. The standard InChI is InChI=1S/C19H29N5O/c1-4-14(2)24-18(25)10-12-22-19(20-3)21-11-9-15-13-23-17-8-6-5-7-16(15)17/h5-8,13-14,23H,4,9-12H2,1-3H3,(H,24,25)(H2,20,21,22). The van der Waals surface area contributed by atoms with E-state index < -0.39 is 0 Å². The maximum atomic E-state index is 11.8. The van der Waals surface area contributed by atoms with Crippen LogP contribution in [0.25, 0.3) is 10.9 Å². The van der Waals surface area contributed by atoms with Gasteiger partial charge < -0.3 is 20.9 Å². The molecule has 25 heavy (non-hydrogen) atoms. The lowest BCUT2D eigenvalue weighted by Crippen LogP contribution is -2.40. The monoisotopic (exact) mass is 343 g/mol. The van der Waals surface area contributed by atoms with Crippen LogP contribution in [0.2, 0.25) is 0 Å². The molecule has 0 bridgehead atoms. The van der Waals surface area contributed by atoms with E-state index >= 15 is 0 Å². The van der Waals surface area contributed by atoms with Crippen molar-refractivity contribution < 1.29 is 4.79 Å². The Morgan fingerprint density at radius 2 is 2.00 bits per heavy atom. The lowest BCUT2D eigenvalue weighted by Gasteiger charge is -2.13. The SMILES string of the molecule is CCC(C)NC(=O)CCNC(=NC)NCCc1c[nH]c2ccccc12. The number of para-hydroxylation sites is 1. The number of aromatic nitrogens is 1. The van der Waals surface area contributed by atoms with E-state index in [0.717, 1.165) is 30.9 Å². The molecule has 1 aromatic heterocycles. The van der Waals surface area contributed by atoms with Crippen molar-refractivity contribution in [2.75, 3.05) is 20.1 Å². The summed E-state index contributed by atoms with van der Waals surface area (Å²) in [4.78, 5) is 19.2. The van der Waals surface area contributed by atoms with Gasteiger partial charge >= 0.3 is 0 Å². The van der Waals surface area contributed by atoms with Crippen molar-refractivity contribution >= 4 is 22.8 Å². The third-order valence-corrected chi connectivity index (χ3v) is 4.25. The Morgan fingerprint density at radius 1 is 1.24 bits per heavy atom. The van der Waals surface area contributed by atoms with Crippen LogP contribution in [0, 0.1) is 0 Å². The van der Waals surface area contributed by atoms with Crippen LogP contribution in [0.15, 0.2) is 35.5 Å². The average molecular weight is 343 g/mol. The second kappa shape index (κ2) is 9.71. The zero-order valence-corrected chi connectivity index (χ0v) is 15.4. The number of benzene rings is 1. The Labute approximate surface area is 149 Å². The van der Waals surface area contributed by atoms with Crippen LogP contribution in [0.4, 0.5) is 0 Å². The summed E-state index contributed by atoms with van der Waals surface area (Å²) < 4.78 is 0. The van der Waals surface area contributed by atoms with Gasteiger partial charge in [-0.2, -0.15) is 0 Å². The van der Waals surface area contributed by atoms with Crippen molar-refractivity contribution in [3.05, 3.63) is 36.0 Å². The quantitative estimate of drug-likeness (QED) is 0.438. The fraction of sp³-hybridized carbons (Fsp3) is 0.474. The lowest BCUT2D eigenvalue weighted by atomic mass is 10.1. The second-order valence-corrected chi connectivity index (χ2v) is 6.16. The topological polar surface area (TPSA) is 81.3 Å². The number of rotatable bonds is 8. The van der Waals surface area contributed by atoms with Gasteiger partial charge in [-0.05, 0) is 31.4 Å². The minimum absolute atomic E-state index is 0.0658. The molecule has 2 aromatic rings. The molecular formula is C19H29N5O.